The van der Waals surface area contributed by atoms with E-state index in [9.17, 15) is 13.2 Å². The number of benzene rings is 1. The molecule has 0 atom stereocenters. The van der Waals surface area contributed by atoms with Crippen molar-refractivity contribution in [2.75, 3.05) is 11.4 Å². The van der Waals surface area contributed by atoms with Crippen LogP contribution in [-0.4, -0.2) is 12.9 Å². The highest BCUT2D eigenvalue weighted by Gasteiger charge is 2.31. The van der Waals surface area contributed by atoms with Gasteiger partial charge in [-0.1, -0.05) is 6.08 Å². The van der Waals surface area contributed by atoms with E-state index < -0.39 is 6.36 Å². The lowest BCUT2D eigenvalue weighted by atomic mass is 10.1. The predicted molar refractivity (Wildman–Crippen MR) is 76.8 cm³/mol. The number of ether oxygens (including phenoxy) is 1. The summed E-state index contributed by atoms with van der Waals surface area (Å²) >= 11 is 3.48. The quantitative estimate of drug-likeness (QED) is 0.864. The molecule has 1 N–H and O–H groups in total. The molecular weight excluding hydrogens is 349 g/mol. The fourth-order valence-electron chi connectivity index (χ4n) is 2.15. The van der Waals surface area contributed by atoms with Crippen LogP contribution in [0.5, 0.6) is 5.75 Å². The minimum absolute atomic E-state index is 0.237. The van der Waals surface area contributed by atoms with Crippen LogP contribution in [0.25, 0.3) is 0 Å². The Hall–Kier alpha value is -1.89. The van der Waals surface area contributed by atoms with Gasteiger partial charge in [0.2, 0.25) is 0 Å². The van der Waals surface area contributed by atoms with Gasteiger partial charge in [0, 0.05) is 34.7 Å². The Balaban J connectivity index is 1.82. The highest BCUT2D eigenvalue weighted by Crippen LogP contribution is 2.33. The van der Waals surface area contributed by atoms with E-state index >= 15 is 0 Å². The minimum atomic E-state index is -4.68. The van der Waals surface area contributed by atoms with Gasteiger partial charge in [0.05, 0.1) is 5.70 Å². The molecule has 110 valence electrons. The molecule has 0 aliphatic carbocycles. The predicted octanol–water partition coefficient (Wildman–Crippen LogP) is 4.01. The molecule has 2 aliphatic heterocycles. The normalized spacial score (nSPS) is 17.5. The molecule has 2 aliphatic rings. The van der Waals surface area contributed by atoms with Crippen LogP contribution >= 0.6 is 15.9 Å². The van der Waals surface area contributed by atoms with Crippen LogP contribution in [-0.2, 0) is 0 Å². The second-order valence-corrected chi connectivity index (χ2v) is 5.32. The molecule has 3 rings (SSSR count). The first-order chi connectivity index (χ1) is 9.92. The Morgan fingerprint density at radius 3 is 2.52 bits per heavy atom. The highest BCUT2D eigenvalue weighted by molar-refractivity contribution is 9.12. The van der Waals surface area contributed by atoms with Crippen LogP contribution in [0.3, 0.4) is 0 Å². The van der Waals surface area contributed by atoms with Crippen LogP contribution in [0.4, 0.5) is 18.9 Å². The first-order valence-electron chi connectivity index (χ1n) is 6.10. The van der Waals surface area contributed by atoms with Crippen molar-refractivity contribution in [3.8, 4) is 5.75 Å². The zero-order valence-corrected chi connectivity index (χ0v) is 12.2. The third-order valence-corrected chi connectivity index (χ3v) is 3.67. The van der Waals surface area contributed by atoms with E-state index in [0.717, 1.165) is 28.0 Å². The highest BCUT2D eigenvalue weighted by atomic mass is 79.9. The molecule has 0 aromatic heterocycles. The van der Waals surface area contributed by atoms with Gasteiger partial charge in [-0.25, -0.2) is 0 Å². The zero-order valence-electron chi connectivity index (χ0n) is 10.6. The molecule has 21 heavy (non-hydrogen) atoms. The van der Waals surface area contributed by atoms with Crippen LogP contribution in [0.1, 0.15) is 0 Å². The molecular formula is C14H10BrF3N2O. The minimum Gasteiger partial charge on any atom is -0.406 e. The standard InChI is InChI=1S/C14H10BrF3N2O/c15-12-7-20(8-13-11(12)5-6-19-13)9-1-3-10(4-2-9)21-14(16,17)18/h1-5,7-8,19H,6H2. The smallest absolute Gasteiger partial charge is 0.406 e. The van der Waals surface area contributed by atoms with Crippen LogP contribution < -0.4 is 15.0 Å². The first kappa shape index (κ1) is 14.1. The molecule has 7 heteroatoms. The Morgan fingerprint density at radius 2 is 1.86 bits per heavy atom. The Bertz CT molecular complexity index is 647. The van der Waals surface area contributed by atoms with Crippen molar-refractivity contribution < 1.29 is 17.9 Å². The summed E-state index contributed by atoms with van der Waals surface area (Å²) < 4.78 is 41.1. The number of nitrogens with one attached hydrogen (secondary N) is 1. The molecule has 1 aromatic rings. The Kier molecular flexibility index (Phi) is 3.44. The second-order valence-electron chi connectivity index (χ2n) is 4.47. The molecule has 2 heterocycles. The summed E-state index contributed by atoms with van der Waals surface area (Å²) in [5, 5.41) is 3.21. The zero-order chi connectivity index (χ0) is 15.0. The number of fused-ring (bicyclic) bond motifs is 1. The van der Waals surface area contributed by atoms with Gasteiger partial charge in [0.25, 0.3) is 0 Å². The third kappa shape index (κ3) is 3.07. The summed E-state index contributed by atoms with van der Waals surface area (Å²) in [7, 11) is 0. The number of hydrogen-bond donors (Lipinski definition) is 1. The van der Waals surface area contributed by atoms with Crippen LogP contribution in [0.15, 0.2) is 58.5 Å². The van der Waals surface area contributed by atoms with Gasteiger partial charge < -0.3 is 15.0 Å². The van der Waals surface area contributed by atoms with Crippen LogP contribution in [0, 0.1) is 0 Å². The molecule has 0 bridgehead atoms. The van der Waals surface area contributed by atoms with Gasteiger partial charge in [-0.15, -0.1) is 13.2 Å². The maximum atomic E-state index is 12.1. The lowest BCUT2D eigenvalue weighted by molar-refractivity contribution is -0.274. The molecule has 1 aromatic carbocycles. The summed E-state index contributed by atoms with van der Waals surface area (Å²) in [5.41, 5.74) is 2.80. The van der Waals surface area contributed by atoms with Crippen molar-refractivity contribution >= 4 is 21.6 Å². The monoisotopic (exact) mass is 358 g/mol. The summed E-state index contributed by atoms with van der Waals surface area (Å²) in [4.78, 5) is 1.83. The van der Waals surface area contributed by atoms with E-state index in [0.29, 0.717) is 0 Å². The fourth-order valence-corrected chi connectivity index (χ4v) is 2.74. The lowest BCUT2D eigenvalue weighted by Gasteiger charge is -2.23. The number of halogens is 4. The van der Waals surface area contributed by atoms with Crippen molar-refractivity contribution in [2.24, 2.45) is 0 Å². The van der Waals surface area contributed by atoms with E-state index in [1.165, 1.54) is 12.1 Å². The van der Waals surface area contributed by atoms with Crippen molar-refractivity contribution in [2.45, 2.75) is 6.36 Å². The second kappa shape index (κ2) is 5.14. The molecule has 0 amide bonds. The van der Waals surface area contributed by atoms with Gasteiger partial charge in [-0.2, -0.15) is 0 Å². The van der Waals surface area contributed by atoms with Crippen molar-refractivity contribution in [3.63, 3.8) is 0 Å². The number of anilines is 1. The molecule has 0 radical (unpaired) electrons. The lowest BCUT2D eigenvalue weighted by Crippen LogP contribution is -2.19. The van der Waals surface area contributed by atoms with Crippen molar-refractivity contribution in [1.29, 1.82) is 0 Å². The SMILES string of the molecule is FC(F)(F)Oc1ccc(N2C=C(Br)C3=CCNC3=C2)cc1. The number of nitrogens with zero attached hydrogens (tertiary/aromatic N) is 1. The first-order valence-corrected chi connectivity index (χ1v) is 6.90. The van der Waals surface area contributed by atoms with Gasteiger partial charge in [0.1, 0.15) is 5.75 Å². The summed E-state index contributed by atoms with van der Waals surface area (Å²) in [5.74, 6) is -0.237. The van der Waals surface area contributed by atoms with E-state index in [1.807, 2.05) is 17.3 Å². The summed E-state index contributed by atoms with van der Waals surface area (Å²) in [6.45, 7) is 0.760. The average molecular weight is 359 g/mol. The van der Waals surface area contributed by atoms with Crippen molar-refractivity contribution in [1.82, 2.24) is 5.32 Å². The molecule has 0 saturated heterocycles. The van der Waals surface area contributed by atoms with Gasteiger partial charge in [-0.05, 0) is 40.2 Å². The third-order valence-electron chi connectivity index (χ3n) is 3.04. The van der Waals surface area contributed by atoms with E-state index in [4.69, 9.17) is 0 Å². The van der Waals surface area contributed by atoms with E-state index in [-0.39, 0.29) is 5.75 Å². The number of rotatable bonds is 2. The summed E-state index contributed by atoms with van der Waals surface area (Å²) in [6.07, 6.45) is 1.14. The topological polar surface area (TPSA) is 24.5 Å². The maximum absolute atomic E-state index is 12.1. The molecule has 0 fully saturated rings. The summed E-state index contributed by atoms with van der Waals surface area (Å²) in [6, 6.07) is 5.71. The molecule has 0 unspecified atom stereocenters. The van der Waals surface area contributed by atoms with Crippen molar-refractivity contribution in [3.05, 3.63) is 58.5 Å². The maximum Gasteiger partial charge on any atom is 0.573 e. The largest absolute Gasteiger partial charge is 0.573 e. The Labute approximate surface area is 127 Å². The number of hydrogen-bond acceptors (Lipinski definition) is 3. The van der Waals surface area contributed by atoms with Gasteiger partial charge in [0.15, 0.2) is 0 Å². The Morgan fingerprint density at radius 1 is 1.14 bits per heavy atom. The number of alkyl halides is 3. The van der Waals surface area contributed by atoms with Gasteiger partial charge in [-0.3, -0.25) is 0 Å². The number of allylic oxidation sites excluding steroid dienone is 1. The van der Waals surface area contributed by atoms with Gasteiger partial charge >= 0.3 is 6.36 Å². The van der Waals surface area contributed by atoms with Crippen LogP contribution in [0.2, 0.25) is 0 Å². The molecule has 0 saturated carbocycles. The van der Waals surface area contributed by atoms with E-state index in [1.54, 1.807) is 12.1 Å². The average Bonchev–Trinajstić information content (AvgIpc) is 2.86. The van der Waals surface area contributed by atoms with E-state index in [2.05, 4.69) is 32.1 Å². The molecule has 3 nitrogen and oxygen atoms in total. The molecule has 0 spiro atoms. The fraction of sp³-hybridized carbons (Fsp3) is 0.143.